The minimum absolute atomic E-state index is 0.0427. The van der Waals surface area contributed by atoms with Gasteiger partial charge in [0.2, 0.25) is 5.91 Å². The van der Waals surface area contributed by atoms with Crippen LogP contribution in [0.5, 0.6) is 0 Å². The minimum Gasteiger partial charge on any atom is -0.465 e. The van der Waals surface area contributed by atoms with E-state index in [-0.39, 0.29) is 18.0 Å². The van der Waals surface area contributed by atoms with Gasteiger partial charge in [0, 0.05) is 38.9 Å². The highest BCUT2D eigenvalue weighted by molar-refractivity contribution is 5.82. The minimum atomic E-state index is -0.204. The average Bonchev–Trinajstić information content (AvgIpc) is 3.33. The van der Waals surface area contributed by atoms with Gasteiger partial charge < -0.3 is 9.32 Å². The molecule has 7 nitrogen and oxygen atoms in total. The molecule has 2 N–H and O–H groups in total. The summed E-state index contributed by atoms with van der Waals surface area (Å²) in [6.45, 7) is 8.14. The Bertz CT molecular complexity index is 797. The molecule has 1 amide bonds. The van der Waals surface area contributed by atoms with Gasteiger partial charge in [-0.3, -0.25) is 14.7 Å². The molecule has 2 fully saturated rings. The number of furan rings is 1. The Morgan fingerprint density at radius 1 is 1.19 bits per heavy atom. The van der Waals surface area contributed by atoms with Crippen LogP contribution in [0.25, 0.3) is 0 Å². The van der Waals surface area contributed by atoms with Crippen molar-refractivity contribution in [3.8, 4) is 0 Å². The molecule has 4 rings (SSSR count). The fourth-order valence-corrected chi connectivity index (χ4v) is 3.79. The number of aryl methyl sites for hydroxylation is 2. The Balaban J connectivity index is 1.28. The van der Waals surface area contributed by atoms with Crippen LogP contribution < -0.4 is 10.9 Å². The summed E-state index contributed by atoms with van der Waals surface area (Å²) in [5.74, 6) is 1.94. The molecule has 2 saturated heterocycles. The van der Waals surface area contributed by atoms with Crippen molar-refractivity contribution in [1.29, 1.82) is 0 Å². The Morgan fingerprint density at radius 3 is 2.70 bits per heavy atom. The Kier molecular flexibility index (Phi) is 5.24. The summed E-state index contributed by atoms with van der Waals surface area (Å²) in [5, 5.41) is 0. The van der Waals surface area contributed by atoms with E-state index in [0.717, 1.165) is 49.9 Å². The lowest BCUT2D eigenvalue weighted by Gasteiger charge is -2.35. The summed E-state index contributed by atoms with van der Waals surface area (Å²) < 4.78 is 5.68. The fraction of sp³-hybridized carbons (Fsp3) is 0.500. The van der Waals surface area contributed by atoms with E-state index in [1.807, 2.05) is 36.2 Å². The topological polar surface area (TPSA) is 73.6 Å². The third kappa shape index (κ3) is 4.05. The van der Waals surface area contributed by atoms with Crippen LogP contribution in [0.1, 0.15) is 35.2 Å². The van der Waals surface area contributed by atoms with Crippen LogP contribution in [0.2, 0.25) is 0 Å². The van der Waals surface area contributed by atoms with Crippen molar-refractivity contribution in [2.24, 2.45) is 0 Å². The molecule has 0 spiro atoms. The van der Waals surface area contributed by atoms with E-state index < -0.39 is 0 Å². The number of carbonyl (C=O) groups is 1. The smallest absolute Gasteiger partial charge is 0.241 e. The number of hydrogen-bond acceptors (Lipinski definition) is 6. The first-order chi connectivity index (χ1) is 13.1. The number of piperazine rings is 1. The van der Waals surface area contributed by atoms with E-state index in [9.17, 15) is 4.79 Å². The predicted molar refractivity (Wildman–Crippen MR) is 102 cm³/mol. The predicted octanol–water partition coefficient (Wildman–Crippen LogP) is 1.54. The molecule has 4 heterocycles. The summed E-state index contributed by atoms with van der Waals surface area (Å²) in [5.41, 5.74) is 8.68. The first-order valence-corrected chi connectivity index (χ1v) is 9.59. The summed E-state index contributed by atoms with van der Waals surface area (Å²) in [4.78, 5) is 21.7. The number of rotatable bonds is 4. The highest BCUT2D eigenvalue weighted by Gasteiger charge is 2.35. The second kappa shape index (κ2) is 7.80. The molecule has 2 aromatic rings. The third-order valence-corrected chi connectivity index (χ3v) is 5.48. The summed E-state index contributed by atoms with van der Waals surface area (Å²) >= 11 is 0. The average molecular weight is 369 g/mol. The molecule has 0 radical (unpaired) electrons. The maximum absolute atomic E-state index is 12.9. The van der Waals surface area contributed by atoms with Crippen molar-refractivity contribution in [2.75, 3.05) is 26.2 Å². The zero-order valence-corrected chi connectivity index (χ0v) is 15.9. The lowest BCUT2D eigenvalue weighted by Crippen LogP contribution is -2.53. The van der Waals surface area contributed by atoms with Crippen LogP contribution in [0, 0.1) is 13.8 Å². The van der Waals surface area contributed by atoms with Gasteiger partial charge in [-0.25, -0.2) is 10.9 Å². The van der Waals surface area contributed by atoms with Crippen molar-refractivity contribution < 1.29 is 9.21 Å². The largest absolute Gasteiger partial charge is 0.465 e. The van der Waals surface area contributed by atoms with E-state index >= 15 is 0 Å². The second-order valence-corrected chi connectivity index (χ2v) is 7.45. The van der Waals surface area contributed by atoms with E-state index in [1.165, 1.54) is 5.56 Å². The van der Waals surface area contributed by atoms with Crippen LogP contribution in [-0.2, 0) is 11.3 Å². The SMILES string of the molecule is Cc1ccc(C2CC(C(=O)N3CCN(Cc4ncccc4C)CC3)NN2)o1. The van der Waals surface area contributed by atoms with Crippen LogP contribution >= 0.6 is 0 Å². The van der Waals surface area contributed by atoms with E-state index in [1.54, 1.807) is 0 Å². The van der Waals surface area contributed by atoms with E-state index in [4.69, 9.17) is 4.42 Å². The standard InChI is InChI=1S/C20H27N5O2/c1-14-4-3-7-21-18(14)13-24-8-10-25(11-9-24)20(26)17-12-16(22-23-17)19-6-5-15(2)27-19/h3-7,16-17,22-23H,8-13H2,1-2H3. The Hall–Kier alpha value is -2.22. The monoisotopic (exact) mass is 369 g/mol. The molecule has 0 bridgehead atoms. The summed E-state index contributed by atoms with van der Waals surface area (Å²) in [6, 6.07) is 7.83. The number of aromatic nitrogens is 1. The normalized spacial score (nSPS) is 23.7. The van der Waals surface area contributed by atoms with Crippen molar-refractivity contribution >= 4 is 5.91 Å². The van der Waals surface area contributed by atoms with Gasteiger partial charge in [0.05, 0.1) is 11.7 Å². The highest BCUT2D eigenvalue weighted by atomic mass is 16.3. The lowest BCUT2D eigenvalue weighted by molar-refractivity contribution is -0.135. The summed E-state index contributed by atoms with van der Waals surface area (Å²) in [7, 11) is 0. The van der Waals surface area contributed by atoms with Crippen molar-refractivity contribution in [3.63, 3.8) is 0 Å². The molecule has 27 heavy (non-hydrogen) atoms. The van der Waals surface area contributed by atoms with Crippen molar-refractivity contribution in [1.82, 2.24) is 25.6 Å². The summed E-state index contributed by atoms with van der Waals surface area (Å²) in [6.07, 6.45) is 2.55. The molecule has 2 aliphatic rings. The van der Waals surface area contributed by atoms with Crippen LogP contribution in [-0.4, -0.2) is 52.9 Å². The van der Waals surface area contributed by atoms with Gasteiger partial charge in [0.15, 0.2) is 0 Å². The molecular weight excluding hydrogens is 342 g/mol. The number of hydrazine groups is 1. The Morgan fingerprint density at radius 2 is 2.00 bits per heavy atom. The molecule has 2 atom stereocenters. The van der Waals surface area contributed by atoms with Crippen LogP contribution in [0.15, 0.2) is 34.9 Å². The molecule has 0 aliphatic carbocycles. The first-order valence-electron chi connectivity index (χ1n) is 9.59. The first kappa shape index (κ1) is 18.2. The fourth-order valence-electron chi connectivity index (χ4n) is 3.79. The van der Waals surface area contributed by atoms with E-state index in [0.29, 0.717) is 6.42 Å². The molecule has 2 aliphatic heterocycles. The van der Waals surface area contributed by atoms with Crippen LogP contribution in [0.4, 0.5) is 0 Å². The number of nitrogens with zero attached hydrogens (tertiary/aromatic N) is 3. The molecular formula is C20H27N5O2. The Labute approximate surface area is 159 Å². The molecule has 144 valence electrons. The third-order valence-electron chi connectivity index (χ3n) is 5.48. The van der Waals surface area contributed by atoms with Gasteiger partial charge >= 0.3 is 0 Å². The zero-order chi connectivity index (χ0) is 18.8. The van der Waals surface area contributed by atoms with E-state index in [2.05, 4.69) is 33.7 Å². The van der Waals surface area contributed by atoms with Gasteiger partial charge in [0.1, 0.15) is 17.6 Å². The van der Waals surface area contributed by atoms with Crippen LogP contribution in [0.3, 0.4) is 0 Å². The molecule has 2 unspecified atom stereocenters. The molecule has 2 aromatic heterocycles. The quantitative estimate of drug-likeness (QED) is 0.852. The zero-order valence-electron chi connectivity index (χ0n) is 15.9. The highest BCUT2D eigenvalue weighted by Crippen LogP contribution is 2.25. The number of nitrogens with one attached hydrogen (secondary N) is 2. The lowest BCUT2D eigenvalue weighted by atomic mass is 10.1. The van der Waals surface area contributed by atoms with Gasteiger partial charge in [-0.2, -0.15) is 0 Å². The van der Waals surface area contributed by atoms with Gasteiger partial charge in [-0.1, -0.05) is 6.07 Å². The van der Waals surface area contributed by atoms with Gasteiger partial charge in [-0.15, -0.1) is 0 Å². The maximum atomic E-state index is 12.9. The van der Waals surface area contributed by atoms with Gasteiger partial charge in [0.25, 0.3) is 0 Å². The number of hydrogen-bond donors (Lipinski definition) is 2. The molecule has 0 saturated carbocycles. The second-order valence-electron chi connectivity index (χ2n) is 7.45. The van der Waals surface area contributed by atoms with Crippen molar-refractivity contribution in [2.45, 2.75) is 38.9 Å². The number of amides is 1. The molecule has 7 heteroatoms. The number of pyridine rings is 1. The van der Waals surface area contributed by atoms with Gasteiger partial charge in [-0.05, 0) is 44.0 Å². The number of carbonyl (C=O) groups excluding carboxylic acids is 1. The van der Waals surface area contributed by atoms with Crippen molar-refractivity contribution in [3.05, 3.63) is 53.2 Å². The molecule has 0 aromatic carbocycles. The maximum Gasteiger partial charge on any atom is 0.241 e.